The lowest BCUT2D eigenvalue weighted by atomic mass is 10.1. The SMILES string of the molecule is N#Cc1ccc(F)c(C(=O)CBr)c1O. The molecule has 14 heavy (non-hydrogen) atoms. The molecule has 1 aromatic carbocycles. The van der Waals surface area contributed by atoms with E-state index in [0.717, 1.165) is 12.1 Å². The largest absolute Gasteiger partial charge is 0.506 e. The van der Waals surface area contributed by atoms with Crippen molar-refractivity contribution in [2.45, 2.75) is 0 Å². The first kappa shape index (κ1) is 10.7. The van der Waals surface area contributed by atoms with Gasteiger partial charge in [0, 0.05) is 0 Å². The number of benzene rings is 1. The molecule has 0 saturated heterocycles. The van der Waals surface area contributed by atoms with Gasteiger partial charge in [-0.1, -0.05) is 15.9 Å². The Morgan fingerprint density at radius 2 is 2.29 bits per heavy atom. The van der Waals surface area contributed by atoms with Gasteiger partial charge in [0.25, 0.3) is 0 Å². The fraction of sp³-hybridized carbons (Fsp3) is 0.111. The number of alkyl halides is 1. The highest BCUT2D eigenvalue weighted by Gasteiger charge is 2.18. The second-order valence-corrected chi connectivity index (χ2v) is 3.05. The van der Waals surface area contributed by atoms with Crippen LogP contribution in [0.1, 0.15) is 15.9 Å². The van der Waals surface area contributed by atoms with Gasteiger partial charge in [0.1, 0.15) is 17.6 Å². The Balaban J connectivity index is 3.42. The summed E-state index contributed by atoms with van der Waals surface area (Å²) in [5, 5.41) is 17.8. The van der Waals surface area contributed by atoms with Crippen LogP contribution >= 0.6 is 15.9 Å². The van der Waals surface area contributed by atoms with Crippen molar-refractivity contribution in [3.8, 4) is 11.8 Å². The molecule has 72 valence electrons. The molecular formula is C9H5BrFNO2. The number of nitriles is 1. The summed E-state index contributed by atoms with van der Waals surface area (Å²) in [6, 6.07) is 3.76. The number of phenolic OH excluding ortho intramolecular Hbond substituents is 1. The van der Waals surface area contributed by atoms with Gasteiger partial charge in [0.2, 0.25) is 0 Å². The first-order valence-electron chi connectivity index (χ1n) is 3.62. The monoisotopic (exact) mass is 257 g/mol. The summed E-state index contributed by atoms with van der Waals surface area (Å²) in [5.74, 6) is -2.03. The minimum Gasteiger partial charge on any atom is -0.506 e. The fourth-order valence-electron chi connectivity index (χ4n) is 0.989. The van der Waals surface area contributed by atoms with Crippen LogP contribution in [0, 0.1) is 17.1 Å². The maximum absolute atomic E-state index is 13.1. The molecule has 0 aliphatic rings. The van der Waals surface area contributed by atoms with Crippen LogP contribution in [0.15, 0.2) is 12.1 Å². The lowest BCUT2D eigenvalue weighted by molar-refractivity contribution is 0.101. The molecule has 1 aromatic rings. The van der Waals surface area contributed by atoms with Crippen molar-refractivity contribution in [2.24, 2.45) is 0 Å². The van der Waals surface area contributed by atoms with E-state index in [-0.39, 0.29) is 10.9 Å². The van der Waals surface area contributed by atoms with Crippen LogP contribution in [0.4, 0.5) is 4.39 Å². The molecule has 0 spiro atoms. The third-order valence-corrected chi connectivity index (χ3v) is 2.16. The fourth-order valence-corrected chi connectivity index (χ4v) is 1.27. The second-order valence-electron chi connectivity index (χ2n) is 2.49. The number of phenols is 1. The molecule has 0 bridgehead atoms. The molecule has 1 rings (SSSR count). The van der Waals surface area contributed by atoms with Gasteiger partial charge in [-0.25, -0.2) is 4.39 Å². The van der Waals surface area contributed by atoms with E-state index in [0.29, 0.717) is 0 Å². The number of aromatic hydroxyl groups is 1. The van der Waals surface area contributed by atoms with Crippen molar-refractivity contribution in [1.82, 2.24) is 0 Å². The number of ketones is 1. The Hall–Kier alpha value is -1.41. The van der Waals surface area contributed by atoms with E-state index < -0.39 is 22.9 Å². The van der Waals surface area contributed by atoms with Gasteiger partial charge in [-0.3, -0.25) is 4.79 Å². The van der Waals surface area contributed by atoms with Crippen LogP contribution in [0.25, 0.3) is 0 Å². The standard InChI is InChI=1S/C9H5BrFNO2/c10-3-7(13)8-6(11)2-1-5(4-12)9(8)14/h1-2,14H,3H2. The number of nitrogens with zero attached hydrogens (tertiary/aromatic N) is 1. The van der Waals surface area contributed by atoms with Crippen molar-refractivity contribution in [1.29, 1.82) is 5.26 Å². The first-order valence-corrected chi connectivity index (χ1v) is 4.74. The van der Waals surface area contributed by atoms with Gasteiger partial charge in [-0.15, -0.1) is 0 Å². The summed E-state index contributed by atoms with van der Waals surface area (Å²) < 4.78 is 13.1. The highest BCUT2D eigenvalue weighted by molar-refractivity contribution is 9.09. The van der Waals surface area contributed by atoms with Crippen LogP contribution in [0.2, 0.25) is 0 Å². The third-order valence-electron chi connectivity index (χ3n) is 1.65. The molecule has 0 radical (unpaired) electrons. The molecule has 0 aliphatic carbocycles. The summed E-state index contributed by atoms with van der Waals surface area (Å²) in [6.45, 7) is 0. The molecule has 0 heterocycles. The van der Waals surface area contributed by atoms with Crippen molar-refractivity contribution >= 4 is 21.7 Å². The number of carbonyl (C=O) groups is 1. The first-order chi connectivity index (χ1) is 6.61. The average molecular weight is 258 g/mol. The van der Waals surface area contributed by atoms with Crippen molar-refractivity contribution in [2.75, 3.05) is 5.33 Å². The Kier molecular flexibility index (Phi) is 3.20. The maximum Gasteiger partial charge on any atom is 0.180 e. The lowest BCUT2D eigenvalue weighted by Crippen LogP contribution is -2.04. The highest BCUT2D eigenvalue weighted by Crippen LogP contribution is 2.25. The van der Waals surface area contributed by atoms with E-state index in [2.05, 4.69) is 15.9 Å². The Labute approximate surface area is 87.9 Å². The van der Waals surface area contributed by atoms with Crippen LogP contribution in [0.3, 0.4) is 0 Å². The van der Waals surface area contributed by atoms with Gasteiger partial charge in [0.15, 0.2) is 5.78 Å². The van der Waals surface area contributed by atoms with E-state index in [1.807, 2.05) is 0 Å². The number of hydrogen-bond donors (Lipinski definition) is 1. The summed E-state index contributed by atoms with van der Waals surface area (Å²) in [5.41, 5.74) is -0.559. The van der Waals surface area contributed by atoms with E-state index in [1.54, 1.807) is 6.07 Å². The second kappa shape index (κ2) is 4.20. The van der Waals surface area contributed by atoms with E-state index in [9.17, 15) is 14.3 Å². The van der Waals surface area contributed by atoms with E-state index >= 15 is 0 Å². The van der Waals surface area contributed by atoms with Gasteiger partial charge < -0.3 is 5.11 Å². The summed E-state index contributed by atoms with van der Waals surface area (Å²) in [7, 11) is 0. The predicted molar refractivity (Wildman–Crippen MR) is 50.9 cm³/mol. The predicted octanol–water partition coefficient (Wildman–Crippen LogP) is 1.98. The topological polar surface area (TPSA) is 61.1 Å². The zero-order chi connectivity index (χ0) is 10.7. The minimum absolute atomic E-state index is 0.105. The van der Waals surface area contributed by atoms with E-state index in [1.165, 1.54) is 0 Å². The van der Waals surface area contributed by atoms with Crippen LogP contribution in [0.5, 0.6) is 5.75 Å². The molecule has 1 N–H and O–H groups in total. The van der Waals surface area contributed by atoms with Gasteiger partial charge in [-0.2, -0.15) is 5.26 Å². The summed E-state index contributed by atoms with van der Waals surface area (Å²) in [4.78, 5) is 11.2. The normalized spacial score (nSPS) is 9.50. The molecule has 0 saturated carbocycles. The average Bonchev–Trinajstić information content (AvgIpc) is 2.18. The molecule has 3 nitrogen and oxygen atoms in total. The van der Waals surface area contributed by atoms with E-state index in [4.69, 9.17) is 5.26 Å². The molecule has 5 heteroatoms. The maximum atomic E-state index is 13.1. The Morgan fingerprint density at radius 3 is 2.79 bits per heavy atom. The number of carbonyl (C=O) groups excluding carboxylic acids is 1. The lowest BCUT2D eigenvalue weighted by Gasteiger charge is -2.03. The Bertz CT molecular complexity index is 426. The zero-order valence-corrected chi connectivity index (χ0v) is 8.51. The van der Waals surface area contributed by atoms with Gasteiger partial charge in [0.05, 0.1) is 16.5 Å². The quantitative estimate of drug-likeness (QED) is 0.651. The number of hydrogen-bond acceptors (Lipinski definition) is 3. The summed E-state index contributed by atoms with van der Waals surface area (Å²) >= 11 is 2.86. The molecule has 0 atom stereocenters. The smallest absolute Gasteiger partial charge is 0.180 e. The van der Waals surface area contributed by atoms with Crippen LogP contribution < -0.4 is 0 Å². The van der Waals surface area contributed by atoms with Crippen molar-refractivity contribution < 1.29 is 14.3 Å². The van der Waals surface area contributed by atoms with Gasteiger partial charge in [-0.05, 0) is 12.1 Å². The number of rotatable bonds is 2. The number of Topliss-reactive ketones (excluding diaryl/α,β-unsaturated/α-hetero) is 1. The van der Waals surface area contributed by atoms with Gasteiger partial charge >= 0.3 is 0 Å². The highest BCUT2D eigenvalue weighted by atomic mass is 79.9. The molecule has 0 unspecified atom stereocenters. The minimum atomic E-state index is -0.828. The summed E-state index contributed by atoms with van der Waals surface area (Å²) in [6.07, 6.45) is 0. The van der Waals surface area contributed by atoms with Crippen molar-refractivity contribution in [3.05, 3.63) is 29.1 Å². The molecule has 0 aliphatic heterocycles. The molecule has 0 aromatic heterocycles. The molecule has 0 amide bonds. The zero-order valence-electron chi connectivity index (χ0n) is 6.92. The molecular weight excluding hydrogens is 253 g/mol. The molecule has 0 fully saturated rings. The number of halogens is 2. The van der Waals surface area contributed by atoms with Crippen LogP contribution in [-0.2, 0) is 0 Å². The Morgan fingerprint density at radius 1 is 1.64 bits per heavy atom. The third kappa shape index (κ3) is 1.75. The van der Waals surface area contributed by atoms with Crippen molar-refractivity contribution in [3.63, 3.8) is 0 Å². The van der Waals surface area contributed by atoms with Crippen LogP contribution in [-0.4, -0.2) is 16.2 Å².